The number of likely N-dealkylation sites (N-methyl/N-ethyl adjacent to an activating group) is 1. The SMILES string of the molecule is Cc1cccc(-c2nn(-c3ccccc3)cc2C(=O)N2CCCC(N(C)C)C2)c1. The van der Waals surface area contributed by atoms with E-state index in [4.69, 9.17) is 5.10 Å². The molecule has 0 radical (unpaired) electrons. The zero-order valence-corrected chi connectivity index (χ0v) is 17.4. The minimum Gasteiger partial charge on any atom is -0.337 e. The van der Waals surface area contributed by atoms with Crippen molar-refractivity contribution in [3.05, 3.63) is 71.9 Å². The van der Waals surface area contributed by atoms with Crippen LogP contribution in [-0.4, -0.2) is 58.7 Å². The van der Waals surface area contributed by atoms with Crippen LogP contribution >= 0.6 is 0 Å². The summed E-state index contributed by atoms with van der Waals surface area (Å²) in [7, 11) is 4.18. The minimum absolute atomic E-state index is 0.0650. The van der Waals surface area contributed by atoms with Crippen molar-refractivity contribution in [2.24, 2.45) is 0 Å². The largest absolute Gasteiger partial charge is 0.337 e. The van der Waals surface area contributed by atoms with Gasteiger partial charge in [0.1, 0.15) is 5.69 Å². The number of aromatic nitrogens is 2. The van der Waals surface area contributed by atoms with Crippen LogP contribution in [0.15, 0.2) is 60.8 Å². The van der Waals surface area contributed by atoms with Crippen LogP contribution in [0.25, 0.3) is 16.9 Å². The van der Waals surface area contributed by atoms with Gasteiger partial charge < -0.3 is 9.80 Å². The van der Waals surface area contributed by atoms with Gasteiger partial charge in [0, 0.05) is 30.9 Å². The van der Waals surface area contributed by atoms with Gasteiger partial charge in [-0.15, -0.1) is 0 Å². The van der Waals surface area contributed by atoms with Crippen LogP contribution < -0.4 is 0 Å². The highest BCUT2D eigenvalue weighted by Gasteiger charge is 2.28. The molecule has 1 fully saturated rings. The first-order valence-corrected chi connectivity index (χ1v) is 10.2. The second-order valence-corrected chi connectivity index (χ2v) is 8.05. The van der Waals surface area contributed by atoms with Gasteiger partial charge >= 0.3 is 0 Å². The van der Waals surface area contributed by atoms with Crippen LogP contribution in [0.4, 0.5) is 0 Å². The number of aryl methyl sites for hydroxylation is 1. The standard InChI is InChI=1S/C24H28N4O/c1-18-9-7-10-19(15-18)23-22(17-28(25-23)20-11-5-4-6-12-20)24(29)27-14-8-13-21(16-27)26(2)3/h4-7,9-12,15,17,21H,8,13-14,16H2,1-3H3. The number of carbonyl (C=O) groups excluding carboxylic acids is 1. The van der Waals surface area contributed by atoms with E-state index in [1.165, 1.54) is 0 Å². The Morgan fingerprint density at radius 3 is 2.62 bits per heavy atom. The molecule has 0 spiro atoms. The minimum atomic E-state index is 0.0650. The summed E-state index contributed by atoms with van der Waals surface area (Å²) >= 11 is 0. The maximum absolute atomic E-state index is 13.5. The average Bonchev–Trinajstić information content (AvgIpc) is 3.19. The fraction of sp³-hybridized carbons (Fsp3) is 0.333. The molecule has 1 aliphatic heterocycles. The van der Waals surface area contributed by atoms with Gasteiger partial charge in [0.25, 0.3) is 5.91 Å². The second kappa shape index (κ2) is 8.21. The fourth-order valence-electron chi connectivity index (χ4n) is 3.98. The Morgan fingerprint density at radius 2 is 1.90 bits per heavy atom. The lowest BCUT2D eigenvalue weighted by atomic mass is 10.0. The van der Waals surface area contributed by atoms with Crippen molar-refractivity contribution in [3.8, 4) is 16.9 Å². The second-order valence-electron chi connectivity index (χ2n) is 8.05. The third-order valence-electron chi connectivity index (χ3n) is 5.67. The molecule has 0 saturated carbocycles. The van der Waals surface area contributed by atoms with E-state index in [9.17, 15) is 4.79 Å². The van der Waals surface area contributed by atoms with Crippen LogP contribution in [0.1, 0.15) is 28.8 Å². The number of para-hydroxylation sites is 1. The lowest BCUT2D eigenvalue weighted by molar-refractivity contribution is 0.0636. The molecule has 1 aliphatic rings. The lowest BCUT2D eigenvalue weighted by Gasteiger charge is -2.36. The van der Waals surface area contributed by atoms with Gasteiger partial charge in [0.15, 0.2) is 0 Å². The Balaban J connectivity index is 1.75. The lowest BCUT2D eigenvalue weighted by Crippen LogP contribution is -2.47. The van der Waals surface area contributed by atoms with Crippen molar-refractivity contribution < 1.29 is 4.79 Å². The maximum Gasteiger partial charge on any atom is 0.257 e. The maximum atomic E-state index is 13.5. The molecule has 0 aliphatic carbocycles. The number of hydrogen-bond acceptors (Lipinski definition) is 3. The van der Waals surface area contributed by atoms with E-state index in [0.717, 1.165) is 48.4 Å². The number of carbonyl (C=O) groups is 1. The number of benzene rings is 2. The van der Waals surface area contributed by atoms with Gasteiger partial charge in [0.2, 0.25) is 0 Å². The molecule has 1 amide bonds. The zero-order valence-electron chi connectivity index (χ0n) is 17.4. The molecular weight excluding hydrogens is 360 g/mol. The summed E-state index contributed by atoms with van der Waals surface area (Å²) < 4.78 is 1.82. The smallest absolute Gasteiger partial charge is 0.257 e. The molecule has 2 heterocycles. The van der Waals surface area contributed by atoms with Gasteiger partial charge in [0.05, 0.1) is 11.3 Å². The normalized spacial score (nSPS) is 17.0. The molecule has 3 aromatic rings. The molecule has 150 valence electrons. The highest BCUT2D eigenvalue weighted by molar-refractivity contribution is 6.00. The molecule has 0 bridgehead atoms. The van der Waals surface area contributed by atoms with Gasteiger partial charge in [-0.3, -0.25) is 4.79 Å². The topological polar surface area (TPSA) is 41.4 Å². The van der Waals surface area contributed by atoms with Crippen LogP contribution in [0.5, 0.6) is 0 Å². The molecule has 1 atom stereocenters. The highest BCUT2D eigenvalue weighted by atomic mass is 16.2. The monoisotopic (exact) mass is 388 g/mol. The van der Waals surface area contributed by atoms with E-state index in [1.54, 1.807) is 0 Å². The van der Waals surface area contributed by atoms with Crippen LogP contribution in [0.2, 0.25) is 0 Å². The number of hydrogen-bond donors (Lipinski definition) is 0. The van der Waals surface area contributed by atoms with Gasteiger partial charge in [-0.05, 0) is 52.1 Å². The molecule has 2 aromatic carbocycles. The fourth-order valence-corrected chi connectivity index (χ4v) is 3.98. The molecule has 1 aromatic heterocycles. The van der Waals surface area contributed by atoms with E-state index in [2.05, 4.69) is 38.1 Å². The zero-order chi connectivity index (χ0) is 20.4. The average molecular weight is 389 g/mol. The molecule has 29 heavy (non-hydrogen) atoms. The summed E-state index contributed by atoms with van der Waals surface area (Å²) in [6.07, 6.45) is 4.04. The van der Waals surface area contributed by atoms with E-state index >= 15 is 0 Å². The Labute approximate surface area is 172 Å². The first kappa shape index (κ1) is 19.4. The first-order chi connectivity index (χ1) is 14.0. The van der Waals surface area contributed by atoms with Gasteiger partial charge in [-0.2, -0.15) is 5.10 Å². The Hall–Kier alpha value is -2.92. The molecule has 4 rings (SSSR count). The third-order valence-corrected chi connectivity index (χ3v) is 5.67. The third kappa shape index (κ3) is 4.10. The molecule has 5 nitrogen and oxygen atoms in total. The summed E-state index contributed by atoms with van der Waals surface area (Å²) in [5, 5.41) is 4.82. The van der Waals surface area contributed by atoms with Gasteiger partial charge in [-0.1, -0.05) is 42.0 Å². The van der Waals surface area contributed by atoms with Crippen molar-refractivity contribution in [2.75, 3.05) is 27.2 Å². The van der Waals surface area contributed by atoms with Crippen LogP contribution in [-0.2, 0) is 0 Å². The number of likely N-dealkylation sites (tertiary alicyclic amines) is 1. The van der Waals surface area contributed by atoms with Crippen molar-refractivity contribution in [2.45, 2.75) is 25.8 Å². The number of rotatable bonds is 4. The quantitative estimate of drug-likeness (QED) is 0.678. The summed E-state index contributed by atoms with van der Waals surface area (Å²) in [5.41, 5.74) is 4.49. The summed E-state index contributed by atoms with van der Waals surface area (Å²) in [6, 6.07) is 18.6. The molecule has 0 N–H and O–H groups in total. The number of nitrogens with zero attached hydrogens (tertiary/aromatic N) is 4. The van der Waals surface area contributed by atoms with Crippen molar-refractivity contribution in [1.29, 1.82) is 0 Å². The van der Waals surface area contributed by atoms with Crippen LogP contribution in [0, 0.1) is 6.92 Å². The number of piperidine rings is 1. The van der Waals surface area contributed by atoms with E-state index in [-0.39, 0.29) is 5.91 Å². The molecular formula is C24H28N4O. The predicted molar refractivity (Wildman–Crippen MR) is 116 cm³/mol. The van der Waals surface area contributed by atoms with E-state index in [1.807, 2.05) is 58.2 Å². The van der Waals surface area contributed by atoms with E-state index < -0.39 is 0 Å². The molecule has 1 saturated heterocycles. The molecule has 5 heteroatoms. The Bertz CT molecular complexity index is 993. The summed E-state index contributed by atoms with van der Waals surface area (Å²) in [5.74, 6) is 0.0650. The van der Waals surface area contributed by atoms with Crippen molar-refractivity contribution in [1.82, 2.24) is 19.6 Å². The number of amides is 1. The van der Waals surface area contributed by atoms with Crippen molar-refractivity contribution in [3.63, 3.8) is 0 Å². The van der Waals surface area contributed by atoms with Gasteiger partial charge in [-0.25, -0.2) is 4.68 Å². The Morgan fingerprint density at radius 1 is 1.10 bits per heavy atom. The first-order valence-electron chi connectivity index (χ1n) is 10.2. The van der Waals surface area contributed by atoms with Crippen molar-refractivity contribution >= 4 is 5.91 Å². The molecule has 1 unspecified atom stereocenters. The summed E-state index contributed by atoms with van der Waals surface area (Å²) in [4.78, 5) is 17.7. The Kier molecular flexibility index (Phi) is 5.49. The van der Waals surface area contributed by atoms with E-state index in [0.29, 0.717) is 11.6 Å². The summed E-state index contributed by atoms with van der Waals surface area (Å²) in [6.45, 7) is 3.62. The predicted octanol–water partition coefficient (Wildman–Crippen LogP) is 4.01. The highest BCUT2D eigenvalue weighted by Crippen LogP contribution is 2.27. The van der Waals surface area contributed by atoms with Crippen LogP contribution in [0.3, 0.4) is 0 Å².